The largest absolute Gasteiger partial charge is 0.208 e. The van der Waals surface area contributed by atoms with Crippen molar-refractivity contribution in [3.8, 4) is 124 Å². The van der Waals surface area contributed by atoms with Gasteiger partial charge in [-0.3, -0.25) is 0 Å². The van der Waals surface area contributed by atoms with Gasteiger partial charge in [0.2, 0.25) is 0 Å². The minimum atomic E-state index is -0.408. The molecule has 496 valence electrons. The minimum Gasteiger partial charge on any atom is -0.208 e. The molecular weight excluding hydrogens is 1330 g/mol. The first-order chi connectivity index (χ1) is 52.5. The van der Waals surface area contributed by atoms with Crippen molar-refractivity contribution in [3.63, 3.8) is 0 Å². The van der Waals surface area contributed by atoms with Gasteiger partial charge in [-0.2, -0.15) is 0 Å². The van der Waals surface area contributed by atoms with E-state index in [2.05, 4.69) is 279 Å². The Morgan fingerprint density at radius 1 is 0.151 bits per heavy atom. The SMILES string of the molecule is c1ccc(-c2ccc(-c3nc(-c4ccccc4)nc(-c4ccc(-c5cccc6c5Sc5ccccc5C65c6ccccc6-c6ccccc65)cc4)n3)cc2)cc1.c1ccc(-c2nc(-c3ccccc3)nc(-c3ccc(-c4cccc5c4Sc4ccccc4C54c5ccccc5-c5ccccc54)cc3)n2)cc1. The Morgan fingerprint density at radius 2 is 0.358 bits per heavy atom. The highest BCUT2D eigenvalue weighted by Crippen LogP contribution is 2.65. The van der Waals surface area contributed by atoms with E-state index in [0.717, 1.165) is 50.1 Å². The summed E-state index contributed by atoms with van der Waals surface area (Å²) in [4.78, 5) is 35.0. The lowest BCUT2D eigenvalue weighted by atomic mass is 9.67. The highest BCUT2D eigenvalue weighted by Gasteiger charge is 2.52. The zero-order valence-electron chi connectivity index (χ0n) is 57.3. The number of nitrogens with zero attached hydrogens (tertiary/aromatic N) is 6. The fourth-order valence-electron chi connectivity index (χ4n) is 16.5. The molecule has 6 nitrogen and oxygen atoms in total. The van der Waals surface area contributed by atoms with E-state index in [-0.39, 0.29) is 0 Å². The van der Waals surface area contributed by atoms with Crippen molar-refractivity contribution < 1.29 is 0 Å². The van der Waals surface area contributed by atoms with Gasteiger partial charge in [-0.15, -0.1) is 0 Å². The van der Waals surface area contributed by atoms with E-state index in [1.807, 2.05) is 121 Å². The van der Waals surface area contributed by atoms with Crippen LogP contribution < -0.4 is 0 Å². The Kier molecular flexibility index (Phi) is 15.4. The third-order valence-electron chi connectivity index (χ3n) is 21.3. The van der Waals surface area contributed by atoms with Gasteiger partial charge in [0.25, 0.3) is 0 Å². The first-order valence-electron chi connectivity index (χ1n) is 35.8. The molecule has 0 radical (unpaired) electrons. The van der Waals surface area contributed by atoms with E-state index >= 15 is 0 Å². The van der Waals surface area contributed by atoms with Crippen molar-refractivity contribution in [1.29, 1.82) is 0 Å². The second kappa shape index (κ2) is 26.1. The van der Waals surface area contributed by atoms with Crippen LogP contribution in [0.4, 0.5) is 0 Å². The van der Waals surface area contributed by atoms with Gasteiger partial charge in [0.1, 0.15) is 0 Å². The molecular formula is C98H62N6S2. The van der Waals surface area contributed by atoms with Gasteiger partial charge in [-0.1, -0.05) is 388 Å². The van der Waals surface area contributed by atoms with Gasteiger partial charge in [-0.05, 0) is 112 Å². The van der Waals surface area contributed by atoms with Crippen LogP contribution in [0.1, 0.15) is 44.5 Å². The molecule has 0 saturated carbocycles. The molecule has 0 N–H and O–H groups in total. The maximum absolute atomic E-state index is 5.06. The molecule has 4 aliphatic rings. The molecule has 2 aliphatic heterocycles. The third kappa shape index (κ3) is 10.3. The van der Waals surface area contributed by atoms with E-state index in [0.29, 0.717) is 34.9 Å². The van der Waals surface area contributed by atoms with Crippen LogP contribution in [-0.4, -0.2) is 29.9 Å². The summed E-state index contributed by atoms with van der Waals surface area (Å²) in [6, 6.07) is 134. The van der Waals surface area contributed by atoms with Crippen LogP contribution in [0.2, 0.25) is 0 Å². The van der Waals surface area contributed by atoms with Crippen molar-refractivity contribution in [2.75, 3.05) is 0 Å². The Labute approximate surface area is 624 Å². The van der Waals surface area contributed by atoms with Crippen molar-refractivity contribution in [2.24, 2.45) is 0 Å². The van der Waals surface area contributed by atoms with Crippen LogP contribution in [0.3, 0.4) is 0 Å². The molecule has 8 heteroatoms. The predicted octanol–water partition coefficient (Wildman–Crippen LogP) is 24.4. The second-order valence-electron chi connectivity index (χ2n) is 27.1. The molecule has 2 aromatic heterocycles. The molecule has 15 aromatic carbocycles. The highest BCUT2D eigenvalue weighted by molar-refractivity contribution is 8.00. The maximum Gasteiger partial charge on any atom is 0.164 e. The molecule has 0 bridgehead atoms. The Balaban J connectivity index is 0.000000141. The van der Waals surface area contributed by atoms with Gasteiger partial charge in [0.15, 0.2) is 34.9 Å². The number of fused-ring (bicyclic) bond motifs is 18. The smallest absolute Gasteiger partial charge is 0.164 e. The molecule has 0 saturated heterocycles. The molecule has 17 aromatic rings. The van der Waals surface area contributed by atoms with Crippen molar-refractivity contribution in [1.82, 2.24) is 29.9 Å². The maximum atomic E-state index is 5.06. The number of benzene rings is 15. The summed E-state index contributed by atoms with van der Waals surface area (Å²) in [5.74, 6) is 3.91. The number of hydrogen-bond acceptors (Lipinski definition) is 8. The van der Waals surface area contributed by atoms with Crippen LogP contribution in [0.15, 0.2) is 396 Å². The molecule has 0 fully saturated rings. The van der Waals surface area contributed by atoms with Gasteiger partial charge >= 0.3 is 0 Å². The highest BCUT2D eigenvalue weighted by atomic mass is 32.2. The Bertz CT molecular complexity index is 6100. The first-order valence-corrected chi connectivity index (χ1v) is 37.4. The summed E-state index contributed by atoms with van der Waals surface area (Å²) < 4.78 is 0. The van der Waals surface area contributed by atoms with Gasteiger partial charge in [0, 0.05) is 53.0 Å². The molecule has 4 heterocycles. The molecule has 2 spiro atoms. The summed E-state index contributed by atoms with van der Waals surface area (Å²) in [6.07, 6.45) is 0. The summed E-state index contributed by atoms with van der Waals surface area (Å²) in [5, 5.41) is 0. The van der Waals surface area contributed by atoms with E-state index < -0.39 is 10.8 Å². The van der Waals surface area contributed by atoms with Crippen LogP contribution >= 0.6 is 23.5 Å². The first kappa shape index (κ1) is 62.8. The zero-order chi connectivity index (χ0) is 70.1. The molecule has 21 rings (SSSR count). The van der Waals surface area contributed by atoms with Crippen LogP contribution in [0, 0.1) is 0 Å². The predicted molar refractivity (Wildman–Crippen MR) is 431 cm³/mol. The average molecular weight is 1390 g/mol. The number of hydrogen-bond donors (Lipinski definition) is 0. The minimum absolute atomic E-state index is 0.396. The molecule has 2 aliphatic carbocycles. The standard InChI is InChI=1S/C52H33N3S.C46H29N3S/c1-3-14-34(15-4-1)35-26-30-38(31-27-35)50-53-49(37-16-5-2-6-17-37)54-51(55-50)39-32-28-36(29-33-39)40-20-13-24-46-48(40)56-47-25-12-11-23-45(47)52(46)43-21-9-7-18-41(43)42-19-8-10-22-44(42)52;1-3-14-31(15-4-1)43-47-44(32-16-5-2-6-17-32)49-45(48-43)33-28-26-30(27-29-33)34-20-13-24-40-42(34)50-41-25-12-11-23-39(41)46(40)37-21-9-7-18-35(37)36-19-8-10-22-38(36)46/h1-33H;1-29H. The summed E-state index contributed by atoms with van der Waals surface area (Å²) in [5.41, 5.74) is 28.0. The van der Waals surface area contributed by atoms with Crippen LogP contribution in [0.25, 0.3) is 124 Å². The second-order valence-corrected chi connectivity index (χ2v) is 29.2. The fourth-order valence-corrected chi connectivity index (χ4v) is 19.2. The Morgan fingerprint density at radius 3 is 0.670 bits per heavy atom. The lowest BCUT2D eigenvalue weighted by molar-refractivity contribution is 0.723. The number of aromatic nitrogens is 6. The topological polar surface area (TPSA) is 77.3 Å². The van der Waals surface area contributed by atoms with E-state index in [4.69, 9.17) is 29.9 Å². The monoisotopic (exact) mass is 1390 g/mol. The number of rotatable bonds is 9. The molecule has 0 amide bonds. The third-order valence-corrected chi connectivity index (χ3v) is 23.7. The quantitative estimate of drug-likeness (QED) is 0.141. The van der Waals surface area contributed by atoms with E-state index in [1.54, 1.807) is 0 Å². The van der Waals surface area contributed by atoms with E-state index in [9.17, 15) is 0 Å². The van der Waals surface area contributed by atoms with Crippen molar-refractivity contribution >= 4 is 23.5 Å². The summed E-state index contributed by atoms with van der Waals surface area (Å²) in [7, 11) is 0. The summed E-state index contributed by atoms with van der Waals surface area (Å²) in [6.45, 7) is 0. The fraction of sp³-hybridized carbons (Fsp3) is 0.0204. The van der Waals surface area contributed by atoms with Crippen molar-refractivity contribution in [3.05, 3.63) is 421 Å². The zero-order valence-corrected chi connectivity index (χ0v) is 58.9. The van der Waals surface area contributed by atoms with Crippen LogP contribution in [-0.2, 0) is 10.8 Å². The lowest BCUT2D eigenvalue weighted by Gasteiger charge is -2.40. The average Bonchev–Trinajstić information content (AvgIpc) is 1.49. The molecule has 0 unspecified atom stereocenters. The lowest BCUT2D eigenvalue weighted by Crippen LogP contribution is -2.32. The van der Waals surface area contributed by atoms with Crippen LogP contribution in [0.5, 0.6) is 0 Å². The van der Waals surface area contributed by atoms with Gasteiger partial charge in [-0.25, -0.2) is 29.9 Å². The molecule has 106 heavy (non-hydrogen) atoms. The Hall–Kier alpha value is -13.0. The summed E-state index contributed by atoms with van der Waals surface area (Å²) >= 11 is 3.76. The molecule has 0 atom stereocenters. The van der Waals surface area contributed by atoms with Gasteiger partial charge in [0.05, 0.1) is 10.8 Å². The van der Waals surface area contributed by atoms with Crippen molar-refractivity contribution in [2.45, 2.75) is 30.4 Å². The normalized spacial score (nSPS) is 13.2. The van der Waals surface area contributed by atoms with Gasteiger partial charge < -0.3 is 0 Å². The van der Waals surface area contributed by atoms with E-state index in [1.165, 1.54) is 103 Å².